The fourth-order valence-corrected chi connectivity index (χ4v) is 5.25. The molecule has 1 radical (unpaired) electrons. The second kappa shape index (κ2) is 20.9. The smallest absolute Gasteiger partial charge is 0.549 e. The van der Waals surface area contributed by atoms with Gasteiger partial charge in [0.1, 0.15) is 5.75 Å². The Kier molecular flexibility index (Phi) is 17.7. The first-order valence-electron chi connectivity index (χ1n) is 15.3. The summed E-state index contributed by atoms with van der Waals surface area (Å²) < 4.78 is 5.33. The first-order valence-corrected chi connectivity index (χ1v) is 15.3. The number of amides is 3. The van der Waals surface area contributed by atoms with Gasteiger partial charge in [0.05, 0.1) is 43.2 Å². The van der Waals surface area contributed by atoms with Gasteiger partial charge in [0.2, 0.25) is 5.91 Å². The second-order valence-corrected chi connectivity index (χ2v) is 11.3. The number of carbonyl (C=O) groups is 6. The summed E-state index contributed by atoms with van der Waals surface area (Å²) in [6.45, 7) is 1.15. The third-order valence-corrected chi connectivity index (χ3v) is 7.91. The molecule has 1 aliphatic heterocycles. The molecule has 1 heterocycles. The Morgan fingerprint density at radius 3 is 1.63 bits per heavy atom. The number of ether oxygens (including phenoxy) is 1. The van der Waals surface area contributed by atoms with Gasteiger partial charge < -0.3 is 39.8 Å². The summed E-state index contributed by atoms with van der Waals surface area (Å²) in [5.41, 5.74) is 4.76. The SMILES string of the molecule is COc1cc2ccccc2cc1C(=O)NNC(=O)CNC(=O)C(C)N1CCN(CC(=O)[O-])CCN(CC(=O)[O-])CCN(CC(=O)[O-])CC1.[Gd+3]. The van der Waals surface area contributed by atoms with Crippen LogP contribution in [0.3, 0.4) is 0 Å². The topological polar surface area (TPSA) is 230 Å². The molecule has 2 aromatic rings. The van der Waals surface area contributed by atoms with Crippen molar-refractivity contribution in [3.63, 3.8) is 0 Å². The number of rotatable bonds is 12. The summed E-state index contributed by atoms with van der Waals surface area (Å²) in [7, 11) is 1.42. The zero-order chi connectivity index (χ0) is 35.2. The van der Waals surface area contributed by atoms with E-state index < -0.39 is 67.9 Å². The van der Waals surface area contributed by atoms with Crippen LogP contribution in [0.15, 0.2) is 36.4 Å². The molecule has 0 aliphatic carbocycles. The summed E-state index contributed by atoms with van der Waals surface area (Å²) in [4.78, 5) is 78.8. The Morgan fingerprint density at radius 2 is 1.18 bits per heavy atom. The standard InChI is InChI=1S/C31H43N7O10.Gd/c1-21(30(46)32-17-26(39)33-34-31(47)24-15-22-5-3-4-6-23(22)16-25(24)48-2)38-13-11-36(19-28(42)43)9-7-35(18-27(40)41)8-10-37(12-14-38)20-29(44)45;/h3-6,15-16,21H,7-14,17-20H2,1-2H3,(H,32,46)(H,33,39)(H,34,47)(H,40,41)(H,42,43)(H,44,45);/q;+3/p-3. The Hall–Kier alpha value is -3.52. The van der Waals surface area contributed by atoms with Crippen LogP contribution in [0.2, 0.25) is 0 Å². The van der Waals surface area contributed by atoms with Crippen molar-refractivity contribution in [1.29, 1.82) is 0 Å². The molecule has 0 spiro atoms. The molecule has 267 valence electrons. The summed E-state index contributed by atoms with van der Waals surface area (Å²) in [6, 6.07) is 9.87. The molecule has 3 rings (SSSR count). The Morgan fingerprint density at radius 1 is 0.735 bits per heavy atom. The third-order valence-electron chi connectivity index (χ3n) is 7.91. The molecular formula is C31H40GdN7O10. The number of methoxy groups -OCH3 is 1. The number of benzene rings is 2. The number of carbonyl (C=O) groups excluding carboxylic acids is 6. The van der Waals surface area contributed by atoms with E-state index in [1.165, 1.54) is 12.0 Å². The molecule has 1 fully saturated rings. The molecule has 49 heavy (non-hydrogen) atoms. The molecule has 3 amide bonds. The monoisotopic (exact) mass is 828 g/mol. The van der Waals surface area contributed by atoms with E-state index in [1.807, 2.05) is 24.3 Å². The van der Waals surface area contributed by atoms with Gasteiger partial charge in [-0.1, -0.05) is 24.3 Å². The van der Waals surface area contributed by atoms with Crippen LogP contribution in [-0.4, -0.2) is 147 Å². The molecule has 3 N–H and O–H groups in total. The van der Waals surface area contributed by atoms with Gasteiger partial charge in [-0.3, -0.25) is 44.8 Å². The van der Waals surface area contributed by atoms with Crippen molar-refractivity contribution in [2.75, 3.05) is 85.6 Å². The molecule has 0 bridgehead atoms. The van der Waals surface area contributed by atoms with Crippen LogP contribution in [-0.2, 0) is 24.0 Å². The molecule has 0 saturated carbocycles. The summed E-state index contributed by atoms with van der Waals surface area (Å²) >= 11 is 0. The molecule has 2 aromatic carbocycles. The zero-order valence-electron chi connectivity index (χ0n) is 27.3. The van der Waals surface area contributed by atoms with Gasteiger partial charge in [0.15, 0.2) is 0 Å². The van der Waals surface area contributed by atoms with Gasteiger partial charge in [0.25, 0.3) is 11.8 Å². The quantitative estimate of drug-likeness (QED) is 0.170. The van der Waals surface area contributed by atoms with Crippen LogP contribution in [0, 0.1) is 39.9 Å². The third kappa shape index (κ3) is 14.1. The average Bonchev–Trinajstić information content (AvgIpc) is 3.04. The summed E-state index contributed by atoms with van der Waals surface area (Å²) in [5.74, 6) is -5.56. The maximum absolute atomic E-state index is 13.1. The molecule has 1 atom stereocenters. The van der Waals surface area contributed by atoms with Gasteiger partial charge in [-0.25, -0.2) is 0 Å². The van der Waals surface area contributed by atoms with Gasteiger partial charge >= 0.3 is 39.9 Å². The predicted molar refractivity (Wildman–Crippen MR) is 164 cm³/mol. The largest absolute Gasteiger partial charge is 3.00 e. The second-order valence-electron chi connectivity index (χ2n) is 11.3. The molecule has 18 heteroatoms. The molecule has 1 aliphatic rings. The number of hydrogen-bond acceptors (Lipinski definition) is 14. The van der Waals surface area contributed by atoms with Crippen LogP contribution >= 0.6 is 0 Å². The fraction of sp³-hybridized carbons (Fsp3) is 0.484. The number of carboxylic acids is 3. The number of aliphatic carboxylic acids is 3. The molecule has 1 saturated heterocycles. The van der Waals surface area contributed by atoms with Crippen molar-refractivity contribution in [2.24, 2.45) is 0 Å². The number of nitrogens with zero attached hydrogens (tertiary/aromatic N) is 4. The fourth-order valence-electron chi connectivity index (χ4n) is 5.25. The zero-order valence-corrected chi connectivity index (χ0v) is 29.5. The Labute approximate surface area is 315 Å². The summed E-state index contributed by atoms with van der Waals surface area (Å²) in [6.07, 6.45) is 0. The number of hydrogen-bond donors (Lipinski definition) is 3. The van der Waals surface area contributed by atoms with E-state index in [4.69, 9.17) is 4.74 Å². The average molecular weight is 828 g/mol. The van der Waals surface area contributed by atoms with Crippen molar-refractivity contribution in [3.05, 3.63) is 42.0 Å². The van der Waals surface area contributed by atoms with Gasteiger partial charge in [0, 0.05) is 72.0 Å². The first-order chi connectivity index (χ1) is 22.9. The first kappa shape index (κ1) is 41.7. The van der Waals surface area contributed by atoms with E-state index in [-0.39, 0.29) is 97.9 Å². The van der Waals surface area contributed by atoms with Crippen LogP contribution in [0.5, 0.6) is 5.75 Å². The molecule has 0 aromatic heterocycles. The number of nitrogens with one attached hydrogen (secondary N) is 3. The minimum atomic E-state index is -1.33. The van der Waals surface area contributed by atoms with Crippen LogP contribution in [0.1, 0.15) is 17.3 Å². The van der Waals surface area contributed by atoms with E-state index in [1.54, 1.807) is 33.8 Å². The molecule has 1 unspecified atom stereocenters. The normalized spacial score (nSPS) is 16.2. The van der Waals surface area contributed by atoms with E-state index >= 15 is 0 Å². The number of fused-ring (bicyclic) bond motifs is 1. The maximum Gasteiger partial charge on any atom is 3.00 e. The van der Waals surface area contributed by atoms with Crippen molar-refractivity contribution in [2.45, 2.75) is 13.0 Å². The Balaban J connectivity index is 0.00000833. The Bertz CT molecular complexity index is 1450. The van der Waals surface area contributed by atoms with Crippen molar-refractivity contribution in [3.8, 4) is 5.75 Å². The van der Waals surface area contributed by atoms with Crippen molar-refractivity contribution < 1.29 is 88.8 Å². The van der Waals surface area contributed by atoms with Crippen LogP contribution in [0.25, 0.3) is 10.8 Å². The van der Waals surface area contributed by atoms with Gasteiger partial charge in [-0.05, 0) is 29.8 Å². The molecule has 17 nitrogen and oxygen atoms in total. The van der Waals surface area contributed by atoms with Gasteiger partial charge in [-0.15, -0.1) is 0 Å². The van der Waals surface area contributed by atoms with Crippen LogP contribution in [0.4, 0.5) is 0 Å². The minimum Gasteiger partial charge on any atom is -0.549 e. The predicted octanol–water partition coefficient (Wildman–Crippen LogP) is -5.41. The number of hydrazine groups is 1. The van der Waals surface area contributed by atoms with Gasteiger partial charge in [-0.2, -0.15) is 0 Å². The van der Waals surface area contributed by atoms with E-state index in [0.717, 1.165) is 10.8 Å². The van der Waals surface area contributed by atoms with Crippen molar-refractivity contribution in [1.82, 2.24) is 35.8 Å². The van der Waals surface area contributed by atoms with Crippen molar-refractivity contribution >= 4 is 46.4 Å². The minimum absolute atomic E-state index is 0. The maximum atomic E-state index is 13.1. The van der Waals surface area contributed by atoms with E-state index in [0.29, 0.717) is 5.75 Å². The molecular weight excluding hydrogens is 788 g/mol. The number of carboxylic acid groups (broad SMARTS) is 3. The van der Waals surface area contributed by atoms with E-state index in [9.17, 15) is 44.1 Å². The summed E-state index contributed by atoms with van der Waals surface area (Å²) in [5, 5.41) is 38.2. The van der Waals surface area contributed by atoms with Crippen LogP contribution < -0.4 is 36.2 Å². The van der Waals surface area contributed by atoms with E-state index in [2.05, 4.69) is 16.2 Å².